The van der Waals surface area contributed by atoms with Crippen molar-refractivity contribution in [3.63, 3.8) is 0 Å². The van der Waals surface area contributed by atoms with Gasteiger partial charge in [-0.15, -0.1) is 12.4 Å². The first-order valence-electron chi connectivity index (χ1n) is 8.18. The Morgan fingerprint density at radius 2 is 1.84 bits per heavy atom. The number of halogens is 1. The van der Waals surface area contributed by atoms with Crippen LogP contribution in [0.5, 0.6) is 0 Å². The maximum absolute atomic E-state index is 12.5. The van der Waals surface area contributed by atoms with E-state index in [0.717, 1.165) is 5.56 Å². The van der Waals surface area contributed by atoms with Gasteiger partial charge in [-0.2, -0.15) is 4.31 Å². The third kappa shape index (κ3) is 5.15. The molecule has 1 atom stereocenters. The number of nitrogens with one attached hydrogen (secondary N) is 1. The minimum absolute atomic E-state index is 0. The monoisotopic (exact) mass is 389 g/mol. The largest absolute Gasteiger partial charge is 0.378 e. The number of carbonyl (C=O) groups excluding carboxylic acids is 1. The normalized spacial score (nSPS) is 22.2. The van der Waals surface area contributed by atoms with E-state index >= 15 is 0 Å². The first-order chi connectivity index (χ1) is 11.6. The Bertz CT molecular complexity index is 657. The van der Waals surface area contributed by atoms with Gasteiger partial charge in [-0.25, -0.2) is 8.42 Å². The molecule has 0 radical (unpaired) electrons. The molecule has 1 aromatic carbocycles. The average Bonchev–Trinajstić information content (AvgIpc) is 2.62. The zero-order valence-corrected chi connectivity index (χ0v) is 15.6. The van der Waals surface area contributed by atoms with E-state index in [1.807, 2.05) is 30.3 Å². The average molecular weight is 390 g/mol. The van der Waals surface area contributed by atoms with E-state index in [4.69, 9.17) is 4.74 Å². The summed E-state index contributed by atoms with van der Waals surface area (Å²) in [5.41, 5.74) is 0.777. The Kier molecular flexibility index (Phi) is 7.21. The third-order valence-electron chi connectivity index (χ3n) is 4.36. The topological polar surface area (TPSA) is 79.0 Å². The molecule has 0 saturated carbocycles. The van der Waals surface area contributed by atoms with Gasteiger partial charge in [0.1, 0.15) is 6.04 Å². The summed E-state index contributed by atoms with van der Waals surface area (Å²) < 4.78 is 31.8. The van der Waals surface area contributed by atoms with Crippen molar-refractivity contribution in [2.75, 3.05) is 45.9 Å². The molecule has 2 saturated heterocycles. The highest BCUT2D eigenvalue weighted by Gasteiger charge is 2.32. The van der Waals surface area contributed by atoms with Crippen LogP contribution in [0.2, 0.25) is 0 Å². The van der Waals surface area contributed by atoms with Gasteiger partial charge in [-0.3, -0.25) is 4.79 Å². The highest BCUT2D eigenvalue weighted by molar-refractivity contribution is 7.88. The van der Waals surface area contributed by atoms with Crippen molar-refractivity contribution in [3.05, 3.63) is 35.9 Å². The molecule has 1 unspecified atom stereocenters. The van der Waals surface area contributed by atoms with E-state index in [-0.39, 0.29) is 30.1 Å². The highest BCUT2D eigenvalue weighted by Crippen LogP contribution is 2.14. The van der Waals surface area contributed by atoms with Crippen LogP contribution in [-0.2, 0) is 25.3 Å². The summed E-state index contributed by atoms with van der Waals surface area (Å²) >= 11 is 0. The first kappa shape index (κ1) is 20.1. The predicted octanol–water partition coefficient (Wildman–Crippen LogP) is 0.0708. The number of hydrogen-bond donors (Lipinski definition) is 1. The van der Waals surface area contributed by atoms with Crippen molar-refractivity contribution in [2.45, 2.75) is 11.8 Å². The number of benzene rings is 1. The summed E-state index contributed by atoms with van der Waals surface area (Å²) in [5.74, 6) is -0.00500. The molecule has 2 aliphatic heterocycles. The van der Waals surface area contributed by atoms with Crippen molar-refractivity contribution >= 4 is 28.3 Å². The van der Waals surface area contributed by atoms with E-state index in [9.17, 15) is 13.2 Å². The molecule has 2 heterocycles. The lowest BCUT2D eigenvalue weighted by Crippen LogP contribution is -2.57. The second-order valence-corrected chi connectivity index (χ2v) is 8.02. The number of hydrogen-bond acceptors (Lipinski definition) is 5. The van der Waals surface area contributed by atoms with Gasteiger partial charge in [0.05, 0.1) is 19.0 Å². The Hall–Kier alpha value is -1.19. The molecular formula is C16H24ClN3O4S. The second-order valence-electron chi connectivity index (χ2n) is 6.05. The van der Waals surface area contributed by atoms with Crippen LogP contribution in [0.1, 0.15) is 5.56 Å². The Labute approximate surface area is 154 Å². The van der Waals surface area contributed by atoms with E-state index in [1.165, 1.54) is 4.31 Å². The molecule has 2 fully saturated rings. The van der Waals surface area contributed by atoms with Crippen LogP contribution in [0.3, 0.4) is 0 Å². The molecule has 140 valence electrons. The third-order valence-corrected chi connectivity index (χ3v) is 6.21. The van der Waals surface area contributed by atoms with Crippen LogP contribution in [0, 0.1) is 0 Å². The van der Waals surface area contributed by atoms with Gasteiger partial charge in [0.2, 0.25) is 15.9 Å². The molecule has 3 rings (SSSR count). The van der Waals surface area contributed by atoms with Gasteiger partial charge in [0, 0.05) is 32.7 Å². The molecule has 1 amide bonds. The lowest BCUT2D eigenvalue weighted by atomic mass is 10.2. The van der Waals surface area contributed by atoms with E-state index in [1.54, 1.807) is 4.90 Å². The molecule has 0 aliphatic carbocycles. The number of piperazine rings is 1. The van der Waals surface area contributed by atoms with E-state index in [0.29, 0.717) is 45.9 Å². The molecule has 0 aromatic heterocycles. The number of morpholine rings is 1. The highest BCUT2D eigenvalue weighted by atomic mass is 35.5. The number of amides is 1. The van der Waals surface area contributed by atoms with Crippen molar-refractivity contribution in [2.24, 2.45) is 0 Å². The predicted molar refractivity (Wildman–Crippen MR) is 97.1 cm³/mol. The van der Waals surface area contributed by atoms with Crippen LogP contribution in [-0.4, -0.2) is 75.5 Å². The maximum Gasteiger partial charge on any atom is 0.242 e. The Balaban J connectivity index is 0.00000225. The second kappa shape index (κ2) is 8.95. The van der Waals surface area contributed by atoms with Crippen LogP contribution < -0.4 is 5.32 Å². The fourth-order valence-corrected chi connectivity index (χ4v) is 4.52. The molecular weight excluding hydrogens is 366 g/mol. The van der Waals surface area contributed by atoms with Crippen molar-refractivity contribution < 1.29 is 17.9 Å². The van der Waals surface area contributed by atoms with Crippen LogP contribution >= 0.6 is 12.4 Å². The summed E-state index contributed by atoms with van der Waals surface area (Å²) in [6.07, 6.45) is 0. The number of nitrogens with zero attached hydrogens (tertiary/aromatic N) is 2. The smallest absolute Gasteiger partial charge is 0.242 e. The standard InChI is InChI=1S/C16H23N3O4S.ClH/c20-16(15-12-23-11-6-17-15)18-7-9-19(10-8-18)24(21,22)13-14-4-2-1-3-5-14;/h1-5,15,17H,6-13H2;1H. The molecule has 0 spiro atoms. The quantitative estimate of drug-likeness (QED) is 0.788. The molecule has 1 N–H and O–H groups in total. The minimum Gasteiger partial charge on any atom is -0.378 e. The molecule has 25 heavy (non-hydrogen) atoms. The maximum atomic E-state index is 12.5. The summed E-state index contributed by atoms with van der Waals surface area (Å²) in [7, 11) is -3.36. The van der Waals surface area contributed by atoms with Crippen molar-refractivity contribution in [1.29, 1.82) is 0 Å². The summed E-state index contributed by atoms with van der Waals surface area (Å²) in [6.45, 7) is 3.20. The fourth-order valence-electron chi connectivity index (χ4n) is 3.01. The van der Waals surface area contributed by atoms with E-state index in [2.05, 4.69) is 5.32 Å². The zero-order valence-electron chi connectivity index (χ0n) is 14.0. The van der Waals surface area contributed by atoms with Gasteiger partial charge in [-0.1, -0.05) is 30.3 Å². The van der Waals surface area contributed by atoms with Gasteiger partial charge < -0.3 is 15.0 Å². The summed E-state index contributed by atoms with van der Waals surface area (Å²) in [5, 5.41) is 3.14. The fraction of sp³-hybridized carbons (Fsp3) is 0.562. The molecule has 0 bridgehead atoms. The van der Waals surface area contributed by atoms with Crippen molar-refractivity contribution in [1.82, 2.24) is 14.5 Å². The number of rotatable bonds is 4. The molecule has 2 aliphatic rings. The SMILES string of the molecule is Cl.O=C(C1COCCN1)N1CCN(S(=O)(=O)Cc2ccccc2)CC1. The minimum atomic E-state index is -3.36. The van der Waals surface area contributed by atoms with Crippen LogP contribution in [0.15, 0.2) is 30.3 Å². The van der Waals surface area contributed by atoms with Gasteiger partial charge in [0.25, 0.3) is 0 Å². The lowest BCUT2D eigenvalue weighted by molar-refractivity contribution is -0.137. The lowest BCUT2D eigenvalue weighted by Gasteiger charge is -2.36. The summed E-state index contributed by atoms with van der Waals surface area (Å²) in [4.78, 5) is 14.1. The van der Waals surface area contributed by atoms with Gasteiger partial charge in [-0.05, 0) is 5.56 Å². The molecule has 1 aromatic rings. The van der Waals surface area contributed by atoms with Gasteiger partial charge >= 0.3 is 0 Å². The van der Waals surface area contributed by atoms with E-state index < -0.39 is 10.0 Å². The number of sulfonamides is 1. The van der Waals surface area contributed by atoms with Crippen LogP contribution in [0.25, 0.3) is 0 Å². The molecule has 7 nitrogen and oxygen atoms in total. The zero-order chi connectivity index (χ0) is 17.0. The number of carbonyl (C=O) groups is 1. The van der Waals surface area contributed by atoms with Gasteiger partial charge in [0.15, 0.2) is 0 Å². The molecule has 9 heteroatoms. The first-order valence-corrected chi connectivity index (χ1v) is 9.79. The van der Waals surface area contributed by atoms with Crippen LogP contribution in [0.4, 0.5) is 0 Å². The Morgan fingerprint density at radius 3 is 2.44 bits per heavy atom. The number of ether oxygens (including phenoxy) is 1. The Morgan fingerprint density at radius 1 is 1.16 bits per heavy atom. The van der Waals surface area contributed by atoms with Crippen molar-refractivity contribution in [3.8, 4) is 0 Å². The summed E-state index contributed by atoms with van der Waals surface area (Å²) in [6, 6.07) is 8.84.